The number of rotatable bonds is 5. The fraction of sp³-hybridized carbons (Fsp3) is 0.381. The zero-order valence-corrected chi connectivity index (χ0v) is 17.7. The average molecular weight is 423 g/mol. The van der Waals surface area contributed by atoms with Crippen molar-refractivity contribution in [1.82, 2.24) is 4.90 Å². The van der Waals surface area contributed by atoms with Gasteiger partial charge in [0.2, 0.25) is 0 Å². The maximum absolute atomic E-state index is 12.9. The summed E-state index contributed by atoms with van der Waals surface area (Å²) in [6.45, 7) is 5.05. The van der Waals surface area contributed by atoms with Crippen LogP contribution in [0, 0.1) is 5.92 Å². The molecule has 152 valence electrons. The molecule has 2 aromatic rings. The summed E-state index contributed by atoms with van der Waals surface area (Å²) in [4.78, 5) is 15.0. The molecule has 1 aliphatic rings. The summed E-state index contributed by atoms with van der Waals surface area (Å²) in [7, 11) is -3.34. The summed E-state index contributed by atoms with van der Waals surface area (Å²) < 4.78 is 24.5. The van der Waals surface area contributed by atoms with Gasteiger partial charge in [-0.25, -0.2) is 8.42 Å². The summed E-state index contributed by atoms with van der Waals surface area (Å²) in [5, 5.41) is -0.491. The first-order valence-corrected chi connectivity index (χ1v) is 10.8. The van der Waals surface area contributed by atoms with E-state index in [1.54, 1.807) is 26.0 Å². The zero-order valence-electron chi connectivity index (χ0n) is 16.1. The van der Waals surface area contributed by atoms with Crippen LogP contribution in [0.2, 0.25) is 0 Å². The van der Waals surface area contributed by atoms with Crippen LogP contribution in [0.25, 0.3) is 0 Å². The van der Waals surface area contributed by atoms with Gasteiger partial charge in [-0.1, -0.05) is 30.3 Å². The van der Waals surface area contributed by atoms with E-state index in [1.807, 2.05) is 23.1 Å². The highest BCUT2D eigenvalue weighted by Gasteiger charge is 2.35. The molecule has 0 aliphatic carbocycles. The number of hydrogen-bond acceptors (Lipinski definition) is 4. The van der Waals surface area contributed by atoms with Crippen molar-refractivity contribution in [3.63, 3.8) is 0 Å². The fourth-order valence-electron chi connectivity index (χ4n) is 3.60. The first-order valence-electron chi connectivity index (χ1n) is 9.23. The molecule has 1 fully saturated rings. The van der Waals surface area contributed by atoms with Gasteiger partial charge in [0.1, 0.15) is 0 Å². The Hall–Kier alpha value is -1.89. The van der Waals surface area contributed by atoms with Crippen LogP contribution >= 0.6 is 12.4 Å². The predicted octanol–water partition coefficient (Wildman–Crippen LogP) is 3.11. The average Bonchev–Trinajstić information content (AvgIpc) is 3.12. The Balaban J connectivity index is 0.00000280. The molecule has 0 unspecified atom stereocenters. The number of sulfone groups is 1. The van der Waals surface area contributed by atoms with Crippen LogP contribution in [0.15, 0.2) is 59.5 Å². The normalized spacial score (nSPS) is 19.5. The Bertz CT molecular complexity index is 899. The van der Waals surface area contributed by atoms with Crippen molar-refractivity contribution in [3.05, 3.63) is 65.7 Å². The highest BCUT2D eigenvalue weighted by Crippen LogP contribution is 2.33. The van der Waals surface area contributed by atoms with E-state index < -0.39 is 15.1 Å². The second-order valence-electron chi connectivity index (χ2n) is 7.34. The molecule has 0 radical (unpaired) electrons. The maximum atomic E-state index is 12.9. The lowest BCUT2D eigenvalue weighted by molar-refractivity contribution is 0.0786. The molecule has 2 aromatic carbocycles. The van der Waals surface area contributed by atoms with Crippen LogP contribution in [0.3, 0.4) is 0 Å². The quantitative estimate of drug-likeness (QED) is 0.802. The number of carbonyl (C=O) groups is 1. The number of amides is 1. The topological polar surface area (TPSA) is 80.5 Å². The molecule has 2 N–H and O–H groups in total. The van der Waals surface area contributed by atoms with E-state index in [0.29, 0.717) is 25.2 Å². The van der Waals surface area contributed by atoms with Crippen LogP contribution in [-0.2, 0) is 9.84 Å². The number of benzene rings is 2. The van der Waals surface area contributed by atoms with Crippen LogP contribution in [0.1, 0.15) is 35.7 Å². The van der Waals surface area contributed by atoms with E-state index in [0.717, 1.165) is 0 Å². The molecule has 1 amide bonds. The standard InChI is InChI=1S/C21H26N2O3S.ClH/c1-15(2)27(25,26)19-10-8-17(9-11-19)21(24)23-13-18(12-22)20(14-23)16-6-4-3-5-7-16;/h3-11,15,18,20H,12-14,22H2,1-2H3;1H/t18-,20+;/m1./s1. The van der Waals surface area contributed by atoms with Gasteiger partial charge < -0.3 is 10.6 Å². The monoisotopic (exact) mass is 422 g/mol. The summed E-state index contributed by atoms with van der Waals surface area (Å²) in [6.07, 6.45) is 0. The molecule has 1 saturated heterocycles. The maximum Gasteiger partial charge on any atom is 0.253 e. The van der Waals surface area contributed by atoms with E-state index in [9.17, 15) is 13.2 Å². The van der Waals surface area contributed by atoms with Crippen molar-refractivity contribution in [3.8, 4) is 0 Å². The van der Waals surface area contributed by atoms with Crippen molar-refractivity contribution in [2.45, 2.75) is 29.9 Å². The van der Waals surface area contributed by atoms with Crippen molar-refractivity contribution in [2.75, 3.05) is 19.6 Å². The largest absolute Gasteiger partial charge is 0.338 e. The molecule has 0 saturated carbocycles. The molecule has 1 heterocycles. The first-order chi connectivity index (χ1) is 12.8. The van der Waals surface area contributed by atoms with Gasteiger partial charge in [0.25, 0.3) is 5.91 Å². The van der Waals surface area contributed by atoms with Gasteiger partial charge in [-0.15, -0.1) is 12.4 Å². The number of carbonyl (C=O) groups excluding carboxylic acids is 1. The molecule has 1 aliphatic heterocycles. The molecule has 5 nitrogen and oxygen atoms in total. The number of nitrogens with zero attached hydrogens (tertiary/aromatic N) is 1. The second kappa shape index (κ2) is 9.07. The van der Waals surface area contributed by atoms with E-state index in [4.69, 9.17) is 5.73 Å². The van der Waals surface area contributed by atoms with E-state index >= 15 is 0 Å². The lowest BCUT2D eigenvalue weighted by Gasteiger charge is -2.17. The van der Waals surface area contributed by atoms with Crippen molar-refractivity contribution < 1.29 is 13.2 Å². The number of halogens is 1. The van der Waals surface area contributed by atoms with Crippen LogP contribution in [-0.4, -0.2) is 44.1 Å². The van der Waals surface area contributed by atoms with Crippen LogP contribution < -0.4 is 5.73 Å². The van der Waals surface area contributed by atoms with Crippen LogP contribution in [0.5, 0.6) is 0 Å². The summed E-state index contributed by atoms with van der Waals surface area (Å²) >= 11 is 0. The van der Waals surface area contributed by atoms with Gasteiger partial charge in [0.05, 0.1) is 10.1 Å². The first kappa shape index (κ1) is 22.4. The predicted molar refractivity (Wildman–Crippen MR) is 114 cm³/mol. The molecular weight excluding hydrogens is 396 g/mol. The SMILES string of the molecule is CC(C)S(=O)(=O)c1ccc(C(=O)N2C[C@@H](CN)[C@H](c3ccccc3)C2)cc1.Cl. The Morgan fingerprint density at radius 3 is 2.21 bits per heavy atom. The van der Waals surface area contributed by atoms with E-state index in [-0.39, 0.29) is 35.0 Å². The van der Waals surface area contributed by atoms with Gasteiger partial charge >= 0.3 is 0 Å². The van der Waals surface area contributed by atoms with Crippen molar-refractivity contribution in [1.29, 1.82) is 0 Å². The number of hydrogen-bond donors (Lipinski definition) is 1. The smallest absolute Gasteiger partial charge is 0.253 e. The molecule has 0 aromatic heterocycles. The highest BCUT2D eigenvalue weighted by atomic mass is 35.5. The lowest BCUT2D eigenvalue weighted by Crippen LogP contribution is -2.29. The summed E-state index contributed by atoms with van der Waals surface area (Å²) in [5.74, 6) is 0.359. The molecule has 7 heteroatoms. The fourth-order valence-corrected chi connectivity index (χ4v) is 4.66. The highest BCUT2D eigenvalue weighted by molar-refractivity contribution is 7.92. The summed E-state index contributed by atoms with van der Waals surface area (Å²) in [6, 6.07) is 16.4. The third-order valence-electron chi connectivity index (χ3n) is 5.31. The minimum atomic E-state index is -3.34. The van der Waals surface area contributed by atoms with E-state index in [2.05, 4.69) is 12.1 Å². The molecule has 0 bridgehead atoms. The molecule has 2 atom stereocenters. The molecular formula is C21H27ClN2O3S. The van der Waals surface area contributed by atoms with Gasteiger partial charge in [0.15, 0.2) is 9.84 Å². The van der Waals surface area contributed by atoms with Gasteiger partial charge in [-0.2, -0.15) is 0 Å². The number of nitrogens with two attached hydrogens (primary N) is 1. The van der Waals surface area contributed by atoms with Crippen LogP contribution in [0.4, 0.5) is 0 Å². The van der Waals surface area contributed by atoms with Gasteiger partial charge in [-0.3, -0.25) is 4.79 Å². The Morgan fingerprint density at radius 1 is 1.07 bits per heavy atom. The zero-order chi connectivity index (χ0) is 19.6. The Morgan fingerprint density at radius 2 is 1.68 bits per heavy atom. The van der Waals surface area contributed by atoms with Crippen molar-refractivity contribution >= 4 is 28.2 Å². The lowest BCUT2D eigenvalue weighted by atomic mass is 9.89. The number of likely N-dealkylation sites (tertiary alicyclic amines) is 1. The summed E-state index contributed by atoms with van der Waals surface area (Å²) in [5.41, 5.74) is 7.65. The minimum absolute atomic E-state index is 0. The molecule has 3 rings (SSSR count). The molecule has 0 spiro atoms. The Kier molecular flexibility index (Phi) is 7.26. The van der Waals surface area contributed by atoms with Gasteiger partial charge in [-0.05, 0) is 56.1 Å². The van der Waals surface area contributed by atoms with Crippen molar-refractivity contribution in [2.24, 2.45) is 11.7 Å². The third kappa shape index (κ3) is 4.40. The second-order valence-corrected chi connectivity index (χ2v) is 9.85. The minimum Gasteiger partial charge on any atom is -0.338 e. The third-order valence-corrected chi connectivity index (χ3v) is 7.48. The van der Waals surface area contributed by atoms with E-state index in [1.165, 1.54) is 17.7 Å². The van der Waals surface area contributed by atoms with Gasteiger partial charge in [0, 0.05) is 24.6 Å². The Labute approximate surface area is 173 Å². The molecule has 28 heavy (non-hydrogen) atoms.